The molecule has 2 fully saturated rings. The maximum absolute atomic E-state index is 14.0. The van der Waals surface area contributed by atoms with Crippen molar-refractivity contribution in [1.82, 2.24) is 30.0 Å². The number of fused-ring (bicyclic) bond motifs is 1. The third-order valence-electron chi connectivity index (χ3n) is 7.65. The molecule has 9 nitrogen and oxygen atoms in total. The van der Waals surface area contributed by atoms with Crippen molar-refractivity contribution in [2.24, 2.45) is 0 Å². The third kappa shape index (κ3) is 4.31. The Morgan fingerprint density at radius 1 is 1.16 bits per heavy atom. The molecular weight excluding hydrogens is 499 g/mol. The van der Waals surface area contributed by atoms with Crippen LogP contribution in [0.2, 0.25) is 0 Å². The maximum atomic E-state index is 14.0. The van der Waals surface area contributed by atoms with Gasteiger partial charge in [0.1, 0.15) is 17.0 Å². The predicted octanol–water partition coefficient (Wildman–Crippen LogP) is 4.97. The molecular formula is C26H28F3N7O2. The molecule has 38 heavy (non-hydrogen) atoms. The van der Waals surface area contributed by atoms with Crippen LogP contribution in [0, 0.1) is 13.8 Å². The average molecular weight is 528 g/mol. The minimum atomic E-state index is -4.62. The van der Waals surface area contributed by atoms with E-state index in [-0.39, 0.29) is 29.8 Å². The Kier molecular flexibility index (Phi) is 6.10. The molecule has 0 bridgehead atoms. The number of nitrogens with one attached hydrogen (secondary N) is 2. The van der Waals surface area contributed by atoms with Crippen LogP contribution < -0.4 is 5.32 Å². The van der Waals surface area contributed by atoms with Crippen molar-refractivity contribution in [2.75, 3.05) is 25.5 Å². The molecule has 2 aliphatic rings. The number of ether oxygens (including phenoxy) is 1. The van der Waals surface area contributed by atoms with Gasteiger partial charge in [0.15, 0.2) is 0 Å². The summed E-state index contributed by atoms with van der Waals surface area (Å²) in [7, 11) is 1.71. The van der Waals surface area contributed by atoms with Crippen LogP contribution in [-0.4, -0.2) is 68.4 Å². The fourth-order valence-corrected chi connectivity index (χ4v) is 5.65. The van der Waals surface area contributed by atoms with Gasteiger partial charge in [-0.15, -0.1) is 0 Å². The number of pyridine rings is 1. The van der Waals surface area contributed by atoms with Crippen molar-refractivity contribution >= 4 is 17.0 Å². The highest BCUT2D eigenvalue weighted by molar-refractivity contribution is 5.94. The molecule has 200 valence electrons. The normalized spacial score (nSPS) is 20.8. The highest BCUT2D eigenvalue weighted by atomic mass is 19.4. The van der Waals surface area contributed by atoms with Crippen LogP contribution in [0.25, 0.3) is 33.5 Å². The molecule has 0 aromatic carbocycles. The first-order valence-electron chi connectivity index (χ1n) is 12.6. The molecule has 1 aliphatic carbocycles. The lowest BCUT2D eigenvalue weighted by atomic mass is 10.0. The number of aromatic amines is 1. The van der Waals surface area contributed by atoms with E-state index in [9.17, 15) is 13.2 Å². The minimum Gasteiger partial charge on any atom is -0.379 e. The summed E-state index contributed by atoms with van der Waals surface area (Å²) in [4.78, 5) is 18.5. The van der Waals surface area contributed by atoms with Crippen molar-refractivity contribution in [3.63, 3.8) is 0 Å². The van der Waals surface area contributed by atoms with Gasteiger partial charge in [0.2, 0.25) is 5.95 Å². The number of aryl methyl sites for hydroxylation is 2. The van der Waals surface area contributed by atoms with Gasteiger partial charge in [-0.2, -0.15) is 13.2 Å². The summed E-state index contributed by atoms with van der Waals surface area (Å²) in [5.74, 6) is 0.802. The van der Waals surface area contributed by atoms with Crippen LogP contribution in [0.1, 0.15) is 36.3 Å². The summed E-state index contributed by atoms with van der Waals surface area (Å²) < 4.78 is 52.8. The van der Waals surface area contributed by atoms with Gasteiger partial charge in [-0.1, -0.05) is 5.16 Å². The minimum absolute atomic E-state index is 0.0552. The summed E-state index contributed by atoms with van der Waals surface area (Å²) in [5.41, 5.74) is 1.74. The fourth-order valence-electron chi connectivity index (χ4n) is 5.65. The van der Waals surface area contributed by atoms with Gasteiger partial charge in [0, 0.05) is 55.6 Å². The number of alkyl halides is 3. The van der Waals surface area contributed by atoms with Gasteiger partial charge in [-0.3, -0.25) is 4.90 Å². The van der Waals surface area contributed by atoms with Crippen molar-refractivity contribution in [3.05, 3.63) is 41.5 Å². The van der Waals surface area contributed by atoms with Crippen LogP contribution in [-0.2, 0) is 10.9 Å². The van der Waals surface area contributed by atoms with Gasteiger partial charge < -0.3 is 19.6 Å². The molecule has 6 rings (SSSR count). The number of anilines is 1. The Labute approximate surface area is 216 Å². The monoisotopic (exact) mass is 527 g/mol. The smallest absolute Gasteiger partial charge is 0.379 e. The fraction of sp³-hybridized carbons (Fsp3) is 0.462. The molecule has 1 aliphatic heterocycles. The molecule has 4 aromatic rings. The number of hydrogen-bond donors (Lipinski definition) is 2. The van der Waals surface area contributed by atoms with Crippen molar-refractivity contribution in [2.45, 2.75) is 57.5 Å². The zero-order valence-electron chi connectivity index (χ0n) is 21.3. The molecule has 5 heterocycles. The van der Waals surface area contributed by atoms with E-state index in [1.54, 1.807) is 26.2 Å². The number of likely N-dealkylation sites (tertiary alicyclic amines) is 1. The Hall–Kier alpha value is -3.51. The molecule has 2 atom stereocenters. The summed E-state index contributed by atoms with van der Waals surface area (Å²) in [6.07, 6.45) is 0.945. The summed E-state index contributed by atoms with van der Waals surface area (Å²) >= 11 is 0. The van der Waals surface area contributed by atoms with E-state index < -0.39 is 11.7 Å². The van der Waals surface area contributed by atoms with E-state index >= 15 is 0 Å². The van der Waals surface area contributed by atoms with E-state index in [0.29, 0.717) is 33.7 Å². The highest BCUT2D eigenvalue weighted by Crippen LogP contribution is 2.39. The number of nitrogens with zero attached hydrogens (tertiary/aromatic N) is 5. The number of H-pyrrole nitrogens is 1. The highest BCUT2D eigenvalue weighted by Gasteiger charge is 2.40. The number of aromatic nitrogens is 5. The molecule has 4 aromatic heterocycles. The number of halogens is 3. The third-order valence-corrected chi connectivity index (χ3v) is 7.65. The first-order chi connectivity index (χ1) is 18.2. The lowest BCUT2D eigenvalue weighted by molar-refractivity contribution is -0.137. The molecule has 0 radical (unpaired) electrons. The van der Waals surface area contributed by atoms with Gasteiger partial charge in [0.25, 0.3) is 0 Å². The number of methoxy groups -OCH3 is 1. The van der Waals surface area contributed by atoms with E-state index in [2.05, 4.69) is 35.3 Å². The SMILES string of the molecule is COC1CN([C@H]2CCC[C@@H]2Nc2ncc(C(F)(F)F)c(-c3c[nH]c4nc(-c5c(C)noc5C)ccc34)n2)C1. The summed E-state index contributed by atoms with van der Waals surface area (Å²) in [6.45, 7) is 5.32. The van der Waals surface area contributed by atoms with Crippen molar-refractivity contribution in [1.29, 1.82) is 0 Å². The van der Waals surface area contributed by atoms with Crippen LogP contribution in [0.4, 0.5) is 19.1 Å². The van der Waals surface area contributed by atoms with Crippen LogP contribution in [0.3, 0.4) is 0 Å². The van der Waals surface area contributed by atoms with Crippen LogP contribution in [0.5, 0.6) is 0 Å². The number of rotatable bonds is 6. The zero-order valence-corrected chi connectivity index (χ0v) is 21.3. The van der Waals surface area contributed by atoms with E-state index in [0.717, 1.165) is 44.1 Å². The molecule has 0 unspecified atom stereocenters. The van der Waals surface area contributed by atoms with E-state index in [1.807, 2.05) is 6.92 Å². The van der Waals surface area contributed by atoms with Crippen molar-refractivity contribution < 1.29 is 22.4 Å². The first-order valence-corrected chi connectivity index (χ1v) is 12.6. The number of hydrogen-bond acceptors (Lipinski definition) is 8. The Bertz CT molecular complexity index is 1460. The molecule has 1 saturated carbocycles. The van der Waals surface area contributed by atoms with E-state index in [1.165, 1.54) is 6.20 Å². The Balaban J connectivity index is 1.34. The molecule has 0 amide bonds. The Morgan fingerprint density at radius 3 is 2.68 bits per heavy atom. The summed E-state index contributed by atoms with van der Waals surface area (Å²) in [6, 6.07) is 3.83. The molecule has 12 heteroatoms. The quantitative estimate of drug-likeness (QED) is 0.362. The second-order valence-electron chi connectivity index (χ2n) is 10.0. The first kappa shape index (κ1) is 24.8. The topological polar surface area (TPSA) is 105 Å². The van der Waals surface area contributed by atoms with Crippen LogP contribution in [0.15, 0.2) is 29.0 Å². The average Bonchev–Trinajstić information content (AvgIpc) is 3.56. The Morgan fingerprint density at radius 2 is 1.97 bits per heavy atom. The predicted molar refractivity (Wildman–Crippen MR) is 135 cm³/mol. The zero-order chi connectivity index (χ0) is 26.6. The molecule has 2 N–H and O–H groups in total. The van der Waals surface area contributed by atoms with Gasteiger partial charge in [0.05, 0.1) is 28.7 Å². The lowest BCUT2D eigenvalue weighted by Crippen LogP contribution is -2.59. The van der Waals surface area contributed by atoms with Crippen molar-refractivity contribution in [3.8, 4) is 22.5 Å². The molecule has 0 spiro atoms. The molecule has 1 saturated heterocycles. The largest absolute Gasteiger partial charge is 0.419 e. The lowest BCUT2D eigenvalue weighted by Gasteiger charge is -2.44. The van der Waals surface area contributed by atoms with Gasteiger partial charge >= 0.3 is 6.18 Å². The van der Waals surface area contributed by atoms with Gasteiger partial charge in [-0.25, -0.2) is 15.0 Å². The standard InChI is InChI=1S/C26H28F3N7O2/c1-13-22(14(2)38-35-13)20-8-7-16-17(9-30-24(16)32-20)23-18(26(27,28)29)10-31-25(34-23)33-19-5-4-6-21(19)36-11-15(12-36)37-3/h7-10,15,19,21H,4-6,11-12H2,1-3H3,(H,30,32)(H,31,33,34)/t19-,21-/m0/s1. The second kappa shape index (κ2) is 9.35. The van der Waals surface area contributed by atoms with Crippen LogP contribution >= 0.6 is 0 Å². The second-order valence-corrected chi connectivity index (χ2v) is 10.0. The maximum Gasteiger partial charge on any atom is 0.419 e. The summed E-state index contributed by atoms with van der Waals surface area (Å²) in [5, 5.41) is 7.82. The van der Waals surface area contributed by atoms with E-state index in [4.69, 9.17) is 9.26 Å². The van der Waals surface area contributed by atoms with Gasteiger partial charge in [-0.05, 0) is 45.2 Å².